The Morgan fingerprint density at radius 1 is 1.25 bits per heavy atom. The number of rotatable bonds is 5. The molecule has 2 aromatic rings. The van der Waals surface area contributed by atoms with Gasteiger partial charge in [0.1, 0.15) is 6.73 Å². The summed E-state index contributed by atoms with van der Waals surface area (Å²) >= 11 is 5.28. The number of nitrogens with one attached hydrogen (secondary N) is 1. The van der Waals surface area contributed by atoms with Crippen LogP contribution in [-0.4, -0.2) is 16.2 Å². The van der Waals surface area contributed by atoms with Crippen LogP contribution in [0.2, 0.25) is 0 Å². The SMILES string of the molecule is CCOCn1c(-c2ccccc2)c(CC)c(=O)[nH]c1=S. The number of aromatic amines is 1. The van der Waals surface area contributed by atoms with Gasteiger partial charge in [0.2, 0.25) is 0 Å². The Morgan fingerprint density at radius 3 is 2.55 bits per heavy atom. The number of hydrogen-bond donors (Lipinski definition) is 1. The zero-order valence-corrected chi connectivity index (χ0v) is 12.5. The fourth-order valence-electron chi connectivity index (χ4n) is 2.17. The van der Waals surface area contributed by atoms with Gasteiger partial charge in [-0.3, -0.25) is 14.3 Å². The van der Waals surface area contributed by atoms with Gasteiger partial charge in [0.25, 0.3) is 5.56 Å². The molecule has 0 radical (unpaired) electrons. The van der Waals surface area contributed by atoms with E-state index in [9.17, 15) is 4.79 Å². The van der Waals surface area contributed by atoms with Crippen LogP contribution in [0, 0.1) is 4.77 Å². The largest absolute Gasteiger partial charge is 0.361 e. The fraction of sp³-hybridized carbons (Fsp3) is 0.333. The van der Waals surface area contributed by atoms with Gasteiger partial charge in [0, 0.05) is 12.2 Å². The highest BCUT2D eigenvalue weighted by Gasteiger charge is 2.13. The van der Waals surface area contributed by atoms with E-state index in [1.165, 1.54) is 0 Å². The molecule has 0 bridgehead atoms. The van der Waals surface area contributed by atoms with E-state index in [0.717, 1.165) is 16.8 Å². The highest BCUT2D eigenvalue weighted by molar-refractivity contribution is 7.71. The second-order valence-corrected chi connectivity index (χ2v) is 4.74. The van der Waals surface area contributed by atoms with Crippen molar-refractivity contribution >= 4 is 12.2 Å². The Balaban J connectivity index is 2.73. The van der Waals surface area contributed by atoms with E-state index in [1.54, 1.807) is 0 Å². The van der Waals surface area contributed by atoms with E-state index in [2.05, 4.69) is 4.98 Å². The number of H-pyrrole nitrogens is 1. The summed E-state index contributed by atoms with van der Waals surface area (Å²) in [7, 11) is 0. The Hall–Kier alpha value is -1.72. The van der Waals surface area contributed by atoms with E-state index in [-0.39, 0.29) is 5.56 Å². The van der Waals surface area contributed by atoms with Gasteiger partial charge in [0.05, 0.1) is 5.69 Å². The first-order valence-electron chi connectivity index (χ1n) is 6.68. The van der Waals surface area contributed by atoms with Crippen LogP contribution in [0.5, 0.6) is 0 Å². The van der Waals surface area contributed by atoms with Crippen LogP contribution in [0.1, 0.15) is 19.4 Å². The zero-order chi connectivity index (χ0) is 14.5. The lowest BCUT2D eigenvalue weighted by molar-refractivity contribution is 0.0867. The van der Waals surface area contributed by atoms with Crippen LogP contribution in [0.15, 0.2) is 35.1 Å². The summed E-state index contributed by atoms with van der Waals surface area (Å²) in [5.74, 6) is 0. The summed E-state index contributed by atoms with van der Waals surface area (Å²) < 4.78 is 7.71. The van der Waals surface area contributed by atoms with E-state index < -0.39 is 0 Å². The minimum absolute atomic E-state index is 0.121. The zero-order valence-electron chi connectivity index (χ0n) is 11.7. The lowest BCUT2D eigenvalue weighted by Crippen LogP contribution is -2.21. The van der Waals surface area contributed by atoms with Crippen LogP contribution in [0.3, 0.4) is 0 Å². The molecule has 0 unspecified atom stereocenters. The molecule has 0 aliphatic heterocycles. The fourth-order valence-corrected chi connectivity index (χ4v) is 2.41. The third kappa shape index (κ3) is 2.89. The quantitative estimate of drug-likeness (QED) is 0.861. The molecule has 1 aromatic carbocycles. The van der Waals surface area contributed by atoms with E-state index in [1.807, 2.05) is 48.7 Å². The van der Waals surface area contributed by atoms with Gasteiger partial charge in [-0.15, -0.1) is 0 Å². The molecule has 106 valence electrons. The Bertz CT molecular complexity index is 689. The van der Waals surface area contributed by atoms with Gasteiger partial charge < -0.3 is 4.74 Å². The standard InChI is InChI=1S/C15H18N2O2S/c1-3-12-13(11-8-6-5-7-9-11)17(10-19-4-2)15(20)16-14(12)18/h5-9H,3-4,10H2,1-2H3,(H,16,18,20). The molecular formula is C15H18N2O2S. The van der Waals surface area contributed by atoms with Crippen LogP contribution in [0.4, 0.5) is 0 Å². The molecule has 1 aromatic heterocycles. The van der Waals surface area contributed by atoms with Gasteiger partial charge >= 0.3 is 0 Å². The second kappa shape index (κ2) is 6.63. The van der Waals surface area contributed by atoms with Gasteiger partial charge in [-0.05, 0) is 31.1 Å². The predicted octanol–water partition coefficient (Wildman–Crippen LogP) is 3.13. The van der Waals surface area contributed by atoms with Crippen LogP contribution < -0.4 is 5.56 Å². The first-order chi connectivity index (χ1) is 9.69. The van der Waals surface area contributed by atoms with Crippen molar-refractivity contribution in [2.75, 3.05) is 6.61 Å². The van der Waals surface area contributed by atoms with Gasteiger partial charge in [-0.2, -0.15) is 0 Å². The molecule has 0 fully saturated rings. The van der Waals surface area contributed by atoms with Crippen molar-refractivity contribution in [1.29, 1.82) is 0 Å². The highest BCUT2D eigenvalue weighted by Crippen LogP contribution is 2.22. The van der Waals surface area contributed by atoms with Crippen molar-refractivity contribution in [3.63, 3.8) is 0 Å². The summed E-state index contributed by atoms with van der Waals surface area (Å²) in [6.07, 6.45) is 0.640. The van der Waals surface area contributed by atoms with Crippen molar-refractivity contribution in [1.82, 2.24) is 9.55 Å². The number of hydrogen-bond acceptors (Lipinski definition) is 3. The Morgan fingerprint density at radius 2 is 1.95 bits per heavy atom. The van der Waals surface area contributed by atoms with E-state index in [0.29, 0.717) is 24.5 Å². The molecule has 0 spiro atoms. The van der Waals surface area contributed by atoms with Crippen LogP contribution >= 0.6 is 12.2 Å². The lowest BCUT2D eigenvalue weighted by atomic mass is 10.1. The molecule has 0 atom stereocenters. The van der Waals surface area contributed by atoms with Crippen molar-refractivity contribution in [3.8, 4) is 11.3 Å². The minimum Gasteiger partial charge on any atom is -0.361 e. The summed E-state index contributed by atoms with van der Waals surface area (Å²) in [4.78, 5) is 14.8. The smallest absolute Gasteiger partial charge is 0.255 e. The maximum absolute atomic E-state index is 12.1. The molecule has 1 N–H and O–H groups in total. The maximum Gasteiger partial charge on any atom is 0.255 e. The molecule has 4 nitrogen and oxygen atoms in total. The lowest BCUT2D eigenvalue weighted by Gasteiger charge is -2.16. The summed E-state index contributed by atoms with van der Waals surface area (Å²) in [6, 6.07) is 9.80. The predicted molar refractivity (Wildman–Crippen MR) is 82.3 cm³/mol. The van der Waals surface area contributed by atoms with Crippen LogP contribution in [0.25, 0.3) is 11.3 Å². The number of benzene rings is 1. The third-order valence-corrected chi connectivity index (χ3v) is 3.44. The highest BCUT2D eigenvalue weighted by atomic mass is 32.1. The van der Waals surface area contributed by atoms with Gasteiger partial charge in [0.15, 0.2) is 4.77 Å². The molecule has 0 amide bonds. The molecule has 0 aliphatic rings. The van der Waals surface area contributed by atoms with Crippen LogP contribution in [-0.2, 0) is 17.9 Å². The number of aromatic nitrogens is 2. The third-order valence-electron chi connectivity index (χ3n) is 3.12. The first-order valence-corrected chi connectivity index (χ1v) is 7.09. The van der Waals surface area contributed by atoms with Gasteiger partial charge in [-0.1, -0.05) is 37.3 Å². The summed E-state index contributed by atoms with van der Waals surface area (Å²) in [5, 5.41) is 0. The summed E-state index contributed by atoms with van der Waals surface area (Å²) in [5.41, 5.74) is 2.42. The van der Waals surface area contributed by atoms with E-state index >= 15 is 0 Å². The normalized spacial score (nSPS) is 10.7. The molecule has 2 rings (SSSR count). The topological polar surface area (TPSA) is 47.0 Å². The average Bonchev–Trinajstić information content (AvgIpc) is 2.46. The first kappa shape index (κ1) is 14.7. The summed E-state index contributed by atoms with van der Waals surface area (Å²) in [6.45, 7) is 4.82. The number of ether oxygens (including phenoxy) is 1. The van der Waals surface area contributed by atoms with Crippen molar-refractivity contribution < 1.29 is 4.74 Å². The molecule has 0 aliphatic carbocycles. The Kier molecular flexibility index (Phi) is 4.87. The maximum atomic E-state index is 12.1. The van der Waals surface area contributed by atoms with Crippen molar-refractivity contribution in [2.45, 2.75) is 27.0 Å². The molecule has 1 heterocycles. The molecular weight excluding hydrogens is 272 g/mol. The Labute approximate surface area is 123 Å². The molecule has 5 heteroatoms. The average molecular weight is 290 g/mol. The van der Waals surface area contributed by atoms with Crippen molar-refractivity contribution in [2.24, 2.45) is 0 Å². The molecule has 0 saturated carbocycles. The molecule has 0 saturated heterocycles. The molecule has 20 heavy (non-hydrogen) atoms. The van der Waals surface area contributed by atoms with Gasteiger partial charge in [-0.25, -0.2) is 0 Å². The number of nitrogens with zero attached hydrogens (tertiary/aromatic N) is 1. The minimum atomic E-state index is -0.121. The van der Waals surface area contributed by atoms with E-state index in [4.69, 9.17) is 17.0 Å². The second-order valence-electron chi connectivity index (χ2n) is 4.36. The monoisotopic (exact) mass is 290 g/mol. The van der Waals surface area contributed by atoms with Crippen molar-refractivity contribution in [3.05, 3.63) is 51.0 Å².